The van der Waals surface area contributed by atoms with Gasteiger partial charge >= 0.3 is 0 Å². The van der Waals surface area contributed by atoms with Crippen LogP contribution in [-0.4, -0.2) is 40.4 Å². The molecule has 1 fully saturated rings. The molecule has 1 aliphatic rings. The number of imidazole rings is 1. The van der Waals surface area contributed by atoms with Crippen LogP contribution in [0.25, 0.3) is 0 Å². The number of aromatic nitrogens is 2. The van der Waals surface area contributed by atoms with Crippen molar-refractivity contribution in [3.05, 3.63) is 16.7 Å². The Morgan fingerprint density at radius 3 is 2.90 bits per heavy atom. The summed E-state index contributed by atoms with van der Waals surface area (Å²) < 4.78 is 0. The van der Waals surface area contributed by atoms with Crippen molar-refractivity contribution in [2.45, 2.75) is 45.6 Å². The zero-order chi connectivity index (χ0) is 14.4. The third kappa shape index (κ3) is 4.21. The van der Waals surface area contributed by atoms with Crippen LogP contribution in [0.1, 0.15) is 44.1 Å². The fraction of sp³-hybridized carbons (Fsp3) is 0.714. The standard InChI is InChI=1S/C14H23ClN4O/c1-2-3-6-12-17-11(14(15)18-12)9-16-10-13(20)19-7-4-5-8-19/h16H,2-10H2,1H3,(H,17,18). The molecule has 1 saturated heterocycles. The van der Waals surface area contributed by atoms with Gasteiger partial charge in [-0.05, 0) is 19.3 Å². The van der Waals surface area contributed by atoms with Crippen molar-refractivity contribution >= 4 is 17.5 Å². The molecule has 112 valence electrons. The van der Waals surface area contributed by atoms with E-state index in [1.54, 1.807) is 0 Å². The van der Waals surface area contributed by atoms with Gasteiger partial charge in [-0.25, -0.2) is 4.98 Å². The van der Waals surface area contributed by atoms with Crippen LogP contribution in [0.4, 0.5) is 0 Å². The Morgan fingerprint density at radius 2 is 2.20 bits per heavy atom. The first-order valence-electron chi connectivity index (χ1n) is 7.42. The minimum absolute atomic E-state index is 0.171. The maximum absolute atomic E-state index is 11.9. The molecule has 1 aliphatic heterocycles. The number of unbranched alkanes of at least 4 members (excludes halogenated alkanes) is 1. The molecule has 0 unspecified atom stereocenters. The number of carbonyl (C=O) groups excluding carboxylic acids is 1. The fourth-order valence-electron chi connectivity index (χ4n) is 2.39. The van der Waals surface area contributed by atoms with Crippen molar-refractivity contribution < 1.29 is 4.79 Å². The quantitative estimate of drug-likeness (QED) is 0.810. The molecule has 20 heavy (non-hydrogen) atoms. The molecule has 5 nitrogen and oxygen atoms in total. The molecular formula is C14H23ClN4O. The number of halogens is 1. The molecule has 0 aromatic carbocycles. The van der Waals surface area contributed by atoms with Gasteiger partial charge in [0.2, 0.25) is 5.91 Å². The van der Waals surface area contributed by atoms with Crippen LogP contribution in [0.3, 0.4) is 0 Å². The molecule has 1 aromatic rings. The molecule has 1 aromatic heterocycles. The van der Waals surface area contributed by atoms with Gasteiger partial charge in [-0.2, -0.15) is 0 Å². The van der Waals surface area contributed by atoms with E-state index in [-0.39, 0.29) is 5.91 Å². The maximum atomic E-state index is 11.9. The highest BCUT2D eigenvalue weighted by Crippen LogP contribution is 2.14. The van der Waals surface area contributed by atoms with Gasteiger partial charge in [0.05, 0.1) is 12.2 Å². The SMILES string of the molecule is CCCCc1nc(Cl)c(CNCC(=O)N2CCCC2)[nH]1. The van der Waals surface area contributed by atoms with E-state index in [1.807, 2.05) is 4.90 Å². The average molecular weight is 299 g/mol. The van der Waals surface area contributed by atoms with E-state index in [9.17, 15) is 4.79 Å². The molecule has 6 heteroatoms. The van der Waals surface area contributed by atoms with Crippen LogP contribution >= 0.6 is 11.6 Å². The van der Waals surface area contributed by atoms with E-state index in [0.717, 1.165) is 56.7 Å². The van der Waals surface area contributed by atoms with Crippen molar-refractivity contribution in [2.24, 2.45) is 0 Å². The number of nitrogens with zero attached hydrogens (tertiary/aromatic N) is 2. The summed E-state index contributed by atoms with van der Waals surface area (Å²) in [6.45, 7) is 4.85. The highest BCUT2D eigenvalue weighted by Gasteiger charge is 2.17. The van der Waals surface area contributed by atoms with Crippen molar-refractivity contribution in [2.75, 3.05) is 19.6 Å². The Kier molecular flexibility index (Phi) is 5.86. The number of amides is 1. The second kappa shape index (κ2) is 7.64. The summed E-state index contributed by atoms with van der Waals surface area (Å²) in [4.78, 5) is 21.3. The van der Waals surface area contributed by atoms with Gasteiger partial charge < -0.3 is 15.2 Å². The molecule has 2 heterocycles. The lowest BCUT2D eigenvalue weighted by Gasteiger charge is -2.15. The second-order valence-electron chi connectivity index (χ2n) is 5.25. The summed E-state index contributed by atoms with van der Waals surface area (Å²) in [6.07, 6.45) is 5.40. The number of hydrogen-bond acceptors (Lipinski definition) is 3. The Labute approximate surface area is 125 Å². The number of carbonyl (C=O) groups is 1. The number of nitrogens with one attached hydrogen (secondary N) is 2. The van der Waals surface area contributed by atoms with Crippen LogP contribution in [0.5, 0.6) is 0 Å². The van der Waals surface area contributed by atoms with E-state index in [2.05, 4.69) is 22.2 Å². The van der Waals surface area contributed by atoms with Crippen LogP contribution in [-0.2, 0) is 17.8 Å². The van der Waals surface area contributed by atoms with Gasteiger partial charge in [-0.1, -0.05) is 24.9 Å². The minimum Gasteiger partial charge on any atom is -0.344 e. The highest BCUT2D eigenvalue weighted by atomic mass is 35.5. The molecule has 0 bridgehead atoms. The van der Waals surface area contributed by atoms with Crippen LogP contribution < -0.4 is 5.32 Å². The zero-order valence-corrected chi connectivity index (χ0v) is 12.8. The molecule has 2 N–H and O–H groups in total. The van der Waals surface area contributed by atoms with Crippen molar-refractivity contribution in [3.8, 4) is 0 Å². The molecule has 1 amide bonds. The Hall–Kier alpha value is -1.07. The summed E-state index contributed by atoms with van der Waals surface area (Å²) in [5.41, 5.74) is 0.868. The van der Waals surface area contributed by atoms with E-state index in [0.29, 0.717) is 18.2 Å². The predicted octanol–water partition coefficient (Wildman–Crippen LogP) is 2.12. The van der Waals surface area contributed by atoms with E-state index in [4.69, 9.17) is 11.6 Å². The van der Waals surface area contributed by atoms with Crippen molar-refractivity contribution in [1.29, 1.82) is 0 Å². The summed E-state index contributed by atoms with van der Waals surface area (Å²) >= 11 is 6.09. The number of rotatable bonds is 7. The van der Waals surface area contributed by atoms with Gasteiger partial charge in [-0.3, -0.25) is 4.79 Å². The van der Waals surface area contributed by atoms with E-state index >= 15 is 0 Å². The molecule has 0 saturated carbocycles. The van der Waals surface area contributed by atoms with Crippen LogP contribution in [0.2, 0.25) is 5.15 Å². The first-order valence-corrected chi connectivity index (χ1v) is 7.80. The number of hydrogen-bond donors (Lipinski definition) is 2. The van der Waals surface area contributed by atoms with Gasteiger partial charge in [0.25, 0.3) is 0 Å². The van der Waals surface area contributed by atoms with Gasteiger partial charge in [0.1, 0.15) is 5.82 Å². The largest absolute Gasteiger partial charge is 0.344 e. The van der Waals surface area contributed by atoms with Gasteiger partial charge in [-0.15, -0.1) is 0 Å². The summed E-state index contributed by atoms with van der Waals surface area (Å²) in [5, 5.41) is 3.65. The third-order valence-corrected chi connectivity index (χ3v) is 3.89. The predicted molar refractivity (Wildman–Crippen MR) is 79.7 cm³/mol. The van der Waals surface area contributed by atoms with Crippen LogP contribution in [0, 0.1) is 0 Å². The number of H-pyrrole nitrogens is 1. The number of aromatic amines is 1. The Morgan fingerprint density at radius 1 is 1.45 bits per heavy atom. The first kappa shape index (κ1) is 15.3. The third-order valence-electron chi connectivity index (χ3n) is 3.58. The fourth-order valence-corrected chi connectivity index (χ4v) is 2.61. The average Bonchev–Trinajstić information content (AvgIpc) is 3.07. The smallest absolute Gasteiger partial charge is 0.236 e. The summed E-state index contributed by atoms with van der Waals surface area (Å²) in [5.74, 6) is 1.10. The molecule has 0 aliphatic carbocycles. The van der Waals surface area contributed by atoms with E-state index in [1.165, 1.54) is 0 Å². The van der Waals surface area contributed by atoms with E-state index < -0.39 is 0 Å². The zero-order valence-electron chi connectivity index (χ0n) is 12.0. The Balaban J connectivity index is 1.75. The first-order chi connectivity index (χ1) is 9.70. The lowest BCUT2D eigenvalue weighted by molar-refractivity contribution is -0.129. The molecule has 0 atom stereocenters. The van der Waals surface area contributed by atoms with Crippen LogP contribution in [0.15, 0.2) is 0 Å². The number of likely N-dealkylation sites (tertiary alicyclic amines) is 1. The highest BCUT2D eigenvalue weighted by molar-refractivity contribution is 6.30. The monoisotopic (exact) mass is 298 g/mol. The molecule has 0 spiro atoms. The van der Waals surface area contributed by atoms with Crippen molar-refractivity contribution in [1.82, 2.24) is 20.2 Å². The maximum Gasteiger partial charge on any atom is 0.236 e. The topological polar surface area (TPSA) is 61.0 Å². The minimum atomic E-state index is 0.171. The van der Waals surface area contributed by atoms with Gasteiger partial charge in [0.15, 0.2) is 5.15 Å². The second-order valence-corrected chi connectivity index (χ2v) is 5.61. The van der Waals surface area contributed by atoms with Crippen molar-refractivity contribution in [3.63, 3.8) is 0 Å². The lowest BCUT2D eigenvalue weighted by atomic mass is 10.2. The normalized spacial score (nSPS) is 15.0. The Bertz CT molecular complexity index is 440. The summed E-state index contributed by atoms with van der Waals surface area (Å²) in [6, 6.07) is 0. The molecule has 0 radical (unpaired) electrons. The summed E-state index contributed by atoms with van der Waals surface area (Å²) in [7, 11) is 0. The molecule has 2 rings (SSSR count). The molecular weight excluding hydrogens is 276 g/mol. The number of aryl methyl sites for hydroxylation is 1. The lowest BCUT2D eigenvalue weighted by Crippen LogP contribution is -2.36. The van der Waals surface area contributed by atoms with Gasteiger partial charge in [0, 0.05) is 26.1 Å².